The predicted octanol–water partition coefficient (Wildman–Crippen LogP) is 4.07. The Balaban J connectivity index is 1.73. The number of anilines is 2. The van der Waals surface area contributed by atoms with Crippen LogP contribution in [-0.2, 0) is 17.6 Å². The molecule has 27 heavy (non-hydrogen) atoms. The summed E-state index contributed by atoms with van der Waals surface area (Å²) in [7, 11) is 0. The van der Waals surface area contributed by atoms with E-state index in [1.807, 2.05) is 24.3 Å². The highest BCUT2D eigenvalue weighted by Gasteiger charge is 2.24. The van der Waals surface area contributed by atoms with Crippen LogP contribution >= 0.6 is 0 Å². The van der Waals surface area contributed by atoms with Crippen LogP contribution < -0.4 is 10.6 Å². The number of nitrogens with zero attached hydrogens (tertiary/aromatic N) is 1. The van der Waals surface area contributed by atoms with Crippen LogP contribution in [0, 0.1) is 5.82 Å². The van der Waals surface area contributed by atoms with Crippen LogP contribution in [0.15, 0.2) is 42.5 Å². The molecule has 0 saturated carbocycles. The molecular weight excluding hydrogens is 345 g/mol. The van der Waals surface area contributed by atoms with Gasteiger partial charge in [0.05, 0.1) is 16.8 Å². The van der Waals surface area contributed by atoms with Crippen LogP contribution in [0.3, 0.4) is 0 Å². The van der Waals surface area contributed by atoms with E-state index in [2.05, 4.69) is 15.6 Å². The lowest BCUT2D eigenvalue weighted by Crippen LogP contribution is -2.16. The van der Waals surface area contributed by atoms with Gasteiger partial charge in [-0.25, -0.2) is 4.39 Å². The number of para-hydroxylation sites is 1. The SMILES string of the molecule is CC(=O)Nc1cc(NC(=O)c2c3c(nc4ccccc24)CCC3)ccc1F. The average Bonchev–Trinajstić information content (AvgIpc) is 3.09. The maximum absolute atomic E-state index is 13.8. The number of fused-ring (bicyclic) bond motifs is 2. The molecule has 2 N–H and O–H groups in total. The van der Waals surface area contributed by atoms with Crippen LogP contribution in [0.25, 0.3) is 10.9 Å². The van der Waals surface area contributed by atoms with Crippen molar-refractivity contribution in [1.29, 1.82) is 0 Å². The summed E-state index contributed by atoms with van der Waals surface area (Å²) in [5, 5.41) is 6.06. The van der Waals surface area contributed by atoms with Crippen molar-refractivity contribution in [2.75, 3.05) is 10.6 Å². The standard InChI is InChI=1S/C21H18FN3O2/c1-12(26)23-19-11-13(9-10-16(19)22)24-21(27)20-14-5-2-3-7-17(14)25-18-8-4-6-15(18)20/h2-3,5,7,9-11H,4,6,8H2,1H3,(H,23,26)(H,24,27). The smallest absolute Gasteiger partial charge is 0.256 e. The summed E-state index contributed by atoms with van der Waals surface area (Å²) >= 11 is 0. The summed E-state index contributed by atoms with van der Waals surface area (Å²) in [6.45, 7) is 1.30. The topological polar surface area (TPSA) is 71.1 Å². The largest absolute Gasteiger partial charge is 0.324 e. The Morgan fingerprint density at radius 3 is 2.70 bits per heavy atom. The van der Waals surface area contributed by atoms with E-state index in [-0.39, 0.29) is 17.5 Å². The summed E-state index contributed by atoms with van der Waals surface area (Å²) < 4.78 is 13.8. The number of amides is 2. The van der Waals surface area contributed by atoms with Gasteiger partial charge in [0.1, 0.15) is 5.82 Å². The Morgan fingerprint density at radius 1 is 1.07 bits per heavy atom. The van der Waals surface area contributed by atoms with Gasteiger partial charge in [-0.3, -0.25) is 14.6 Å². The van der Waals surface area contributed by atoms with Crippen molar-refractivity contribution in [2.24, 2.45) is 0 Å². The van der Waals surface area contributed by atoms with Gasteiger partial charge in [0.2, 0.25) is 5.91 Å². The minimum atomic E-state index is -0.557. The molecule has 5 nitrogen and oxygen atoms in total. The lowest BCUT2D eigenvalue weighted by atomic mass is 10.0. The number of benzene rings is 2. The van der Waals surface area contributed by atoms with E-state index in [1.54, 1.807) is 0 Å². The molecular formula is C21H18FN3O2. The van der Waals surface area contributed by atoms with Gasteiger partial charge in [-0.1, -0.05) is 18.2 Å². The third kappa shape index (κ3) is 3.26. The minimum absolute atomic E-state index is 0.0325. The van der Waals surface area contributed by atoms with Gasteiger partial charge in [-0.05, 0) is 49.1 Å². The van der Waals surface area contributed by atoms with Gasteiger partial charge >= 0.3 is 0 Å². The molecule has 0 unspecified atom stereocenters. The lowest BCUT2D eigenvalue weighted by Gasteiger charge is -2.13. The van der Waals surface area contributed by atoms with Crippen LogP contribution in [0.4, 0.5) is 15.8 Å². The molecule has 0 saturated heterocycles. The quantitative estimate of drug-likeness (QED) is 0.737. The molecule has 136 valence electrons. The zero-order valence-corrected chi connectivity index (χ0v) is 14.8. The number of rotatable bonds is 3. The van der Waals surface area contributed by atoms with Crippen LogP contribution in [-0.4, -0.2) is 16.8 Å². The van der Waals surface area contributed by atoms with Gasteiger partial charge in [0.15, 0.2) is 0 Å². The van der Waals surface area contributed by atoms with Crippen LogP contribution in [0.5, 0.6) is 0 Å². The van der Waals surface area contributed by atoms with Crippen molar-refractivity contribution in [1.82, 2.24) is 4.98 Å². The first-order chi connectivity index (χ1) is 13.0. The first-order valence-corrected chi connectivity index (χ1v) is 8.82. The van der Waals surface area contributed by atoms with Gasteiger partial charge in [-0.2, -0.15) is 0 Å². The van der Waals surface area contributed by atoms with Crippen LogP contribution in [0.2, 0.25) is 0 Å². The van der Waals surface area contributed by atoms with Gasteiger partial charge < -0.3 is 10.6 Å². The molecule has 2 amide bonds. The second-order valence-electron chi connectivity index (χ2n) is 6.61. The van der Waals surface area contributed by atoms with Crippen molar-refractivity contribution >= 4 is 34.1 Å². The average molecular weight is 363 g/mol. The Bertz CT molecular complexity index is 1080. The lowest BCUT2D eigenvalue weighted by molar-refractivity contribution is -0.114. The highest BCUT2D eigenvalue weighted by Crippen LogP contribution is 2.31. The molecule has 1 aliphatic rings. The molecule has 4 rings (SSSR count). The van der Waals surface area contributed by atoms with Crippen molar-refractivity contribution < 1.29 is 14.0 Å². The molecule has 2 aromatic carbocycles. The number of hydrogen-bond acceptors (Lipinski definition) is 3. The Kier molecular flexibility index (Phi) is 4.32. The normalized spacial score (nSPS) is 12.7. The van der Waals surface area contributed by atoms with E-state index in [0.29, 0.717) is 11.3 Å². The summed E-state index contributed by atoms with van der Waals surface area (Å²) in [5.74, 6) is -1.19. The fourth-order valence-electron chi connectivity index (χ4n) is 3.55. The zero-order valence-electron chi connectivity index (χ0n) is 14.8. The first kappa shape index (κ1) is 17.1. The van der Waals surface area contributed by atoms with Gasteiger partial charge in [0, 0.05) is 23.7 Å². The summed E-state index contributed by atoms with van der Waals surface area (Å²) in [6, 6.07) is 11.7. The number of pyridine rings is 1. The van der Waals surface area contributed by atoms with Gasteiger partial charge in [0.25, 0.3) is 5.91 Å². The van der Waals surface area contributed by atoms with Crippen molar-refractivity contribution in [3.63, 3.8) is 0 Å². The summed E-state index contributed by atoms with van der Waals surface area (Å²) in [6.07, 6.45) is 2.66. The minimum Gasteiger partial charge on any atom is -0.324 e. The van der Waals surface area contributed by atoms with Crippen molar-refractivity contribution in [3.8, 4) is 0 Å². The molecule has 0 aliphatic heterocycles. The van der Waals surface area contributed by atoms with E-state index < -0.39 is 5.82 Å². The second-order valence-corrected chi connectivity index (χ2v) is 6.61. The molecule has 3 aromatic rings. The number of halogens is 1. The maximum Gasteiger partial charge on any atom is 0.256 e. The van der Waals surface area contributed by atoms with E-state index >= 15 is 0 Å². The maximum atomic E-state index is 13.8. The number of carbonyl (C=O) groups excluding carboxylic acids is 2. The molecule has 0 bridgehead atoms. The third-order valence-corrected chi connectivity index (χ3v) is 4.68. The molecule has 0 atom stereocenters. The number of aryl methyl sites for hydroxylation is 1. The predicted molar refractivity (Wildman–Crippen MR) is 102 cm³/mol. The van der Waals surface area contributed by atoms with Crippen molar-refractivity contribution in [3.05, 3.63) is 65.1 Å². The zero-order chi connectivity index (χ0) is 19.0. The fourth-order valence-corrected chi connectivity index (χ4v) is 3.55. The number of aromatic nitrogens is 1. The van der Waals surface area contributed by atoms with E-state index in [1.165, 1.54) is 25.1 Å². The monoisotopic (exact) mass is 363 g/mol. The Labute approximate surface area is 155 Å². The molecule has 1 aromatic heterocycles. The second kappa shape index (κ2) is 6.79. The highest BCUT2D eigenvalue weighted by atomic mass is 19.1. The van der Waals surface area contributed by atoms with Gasteiger partial charge in [-0.15, -0.1) is 0 Å². The number of nitrogens with one attached hydrogen (secondary N) is 2. The number of carbonyl (C=O) groups is 2. The van der Waals surface area contributed by atoms with E-state index in [9.17, 15) is 14.0 Å². The highest BCUT2D eigenvalue weighted by molar-refractivity contribution is 6.14. The molecule has 0 spiro atoms. The molecule has 1 aliphatic carbocycles. The Hall–Kier alpha value is -3.28. The molecule has 0 fully saturated rings. The molecule has 0 radical (unpaired) electrons. The molecule has 1 heterocycles. The van der Waals surface area contributed by atoms with E-state index in [0.717, 1.165) is 41.4 Å². The Morgan fingerprint density at radius 2 is 1.89 bits per heavy atom. The third-order valence-electron chi connectivity index (χ3n) is 4.68. The van der Waals surface area contributed by atoms with Crippen molar-refractivity contribution in [2.45, 2.75) is 26.2 Å². The fraction of sp³-hybridized carbons (Fsp3) is 0.190. The molecule has 6 heteroatoms. The van der Waals surface area contributed by atoms with E-state index in [4.69, 9.17) is 0 Å². The summed E-state index contributed by atoms with van der Waals surface area (Å²) in [5.41, 5.74) is 3.81. The van der Waals surface area contributed by atoms with Crippen LogP contribution in [0.1, 0.15) is 35.0 Å². The first-order valence-electron chi connectivity index (χ1n) is 8.82. The summed E-state index contributed by atoms with van der Waals surface area (Å²) in [4.78, 5) is 29.0. The number of hydrogen-bond donors (Lipinski definition) is 2.